The number of hydrazine groups is 2. The third kappa shape index (κ3) is 0.760. The normalized spacial score (nSPS) is 24.9. The molecule has 0 aromatic heterocycles. The van der Waals surface area contributed by atoms with E-state index >= 15 is 0 Å². The SMILES string of the molecule is C1CC2=C(CN1)NNN2. The molecule has 0 saturated heterocycles. The highest BCUT2D eigenvalue weighted by atomic mass is 15.6. The van der Waals surface area contributed by atoms with Gasteiger partial charge < -0.3 is 16.2 Å². The molecule has 50 valence electrons. The minimum atomic E-state index is 0.954. The lowest BCUT2D eigenvalue weighted by Crippen LogP contribution is -2.33. The Morgan fingerprint density at radius 1 is 1.11 bits per heavy atom. The molecule has 4 N–H and O–H groups in total. The van der Waals surface area contributed by atoms with Crippen LogP contribution in [-0.2, 0) is 0 Å². The van der Waals surface area contributed by atoms with Crippen LogP contribution in [0.5, 0.6) is 0 Å². The van der Waals surface area contributed by atoms with Gasteiger partial charge in [-0.15, -0.1) is 0 Å². The number of hydrogen-bond acceptors (Lipinski definition) is 4. The van der Waals surface area contributed by atoms with Gasteiger partial charge in [0.25, 0.3) is 0 Å². The average Bonchev–Trinajstić information content (AvgIpc) is 2.33. The van der Waals surface area contributed by atoms with Gasteiger partial charge in [0.2, 0.25) is 0 Å². The van der Waals surface area contributed by atoms with Gasteiger partial charge in [0.05, 0.1) is 11.4 Å². The molecule has 0 fully saturated rings. The largest absolute Gasteiger partial charge is 0.311 e. The van der Waals surface area contributed by atoms with Crippen molar-refractivity contribution in [3.63, 3.8) is 0 Å². The summed E-state index contributed by atoms with van der Waals surface area (Å²) in [5, 5.41) is 3.26. The number of nitrogens with one attached hydrogen (secondary N) is 4. The van der Waals surface area contributed by atoms with Gasteiger partial charge in [0.15, 0.2) is 0 Å². The van der Waals surface area contributed by atoms with Crippen LogP contribution in [0.15, 0.2) is 11.4 Å². The smallest absolute Gasteiger partial charge is 0.0621 e. The van der Waals surface area contributed by atoms with Gasteiger partial charge in [-0.2, -0.15) is 5.53 Å². The van der Waals surface area contributed by atoms with Crippen LogP contribution in [0.1, 0.15) is 6.42 Å². The molecule has 0 spiro atoms. The summed E-state index contributed by atoms with van der Waals surface area (Å²) in [6.07, 6.45) is 1.09. The highest BCUT2D eigenvalue weighted by molar-refractivity contribution is 5.17. The zero-order valence-electron chi connectivity index (χ0n) is 5.12. The molecule has 0 aromatic rings. The maximum Gasteiger partial charge on any atom is 0.0621 e. The van der Waals surface area contributed by atoms with Crippen LogP contribution >= 0.6 is 0 Å². The van der Waals surface area contributed by atoms with Crippen molar-refractivity contribution in [1.82, 2.24) is 21.7 Å². The fraction of sp³-hybridized carbons (Fsp3) is 0.600. The second-order valence-electron chi connectivity index (χ2n) is 2.26. The van der Waals surface area contributed by atoms with Crippen molar-refractivity contribution in [1.29, 1.82) is 0 Å². The van der Waals surface area contributed by atoms with E-state index in [0.29, 0.717) is 0 Å². The van der Waals surface area contributed by atoms with Crippen molar-refractivity contribution in [2.45, 2.75) is 6.42 Å². The standard InChI is InChI=1S/C5H10N4/c1-2-6-3-5-4(1)7-9-8-5/h6-9H,1-3H2. The Labute approximate surface area is 53.6 Å². The quantitative estimate of drug-likeness (QED) is 0.329. The van der Waals surface area contributed by atoms with Crippen molar-refractivity contribution in [3.8, 4) is 0 Å². The van der Waals surface area contributed by atoms with E-state index in [1.807, 2.05) is 0 Å². The average molecular weight is 126 g/mol. The molecule has 2 aliphatic rings. The molecule has 4 nitrogen and oxygen atoms in total. The molecule has 2 rings (SSSR count). The summed E-state index contributed by atoms with van der Waals surface area (Å²) in [7, 11) is 0. The molecule has 0 aliphatic carbocycles. The van der Waals surface area contributed by atoms with E-state index in [2.05, 4.69) is 21.7 Å². The summed E-state index contributed by atoms with van der Waals surface area (Å²) in [5.74, 6) is 0. The minimum Gasteiger partial charge on any atom is -0.311 e. The predicted molar refractivity (Wildman–Crippen MR) is 33.9 cm³/mol. The first-order chi connectivity index (χ1) is 4.47. The van der Waals surface area contributed by atoms with Gasteiger partial charge in [-0.25, -0.2) is 0 Å². The molecule has 0 atom stereocenters. The van der Waals surface area contributed by atoms with Crippen molar-refractivity contribution in [2.75, 3.05) is 13.1 Å². The molecule has 0 aromatic carbocycles. The second kappa shape index (κ2) is 1.89. The Hall–Kier alpha value is -0.740. The first-order valence-corrected chi connectivity index (χ1v) is 3.16. The van der Waals surface area contributed by atoms with E-state index in [9.17, 15) is 0 Å². The van der Waals surface area contributed by atoms with Crippen LogP contribution < -0.4 is 21.7 Å². The van der Waals surface area contributed by atoms with Gasteiger partial charge in [-0.05, 0) is 0 Å². The van der Waals surface area contributed by atoms with Gasteiger partial charge in [0, 0.05) is 19.5 Å². The van der Waals surface area contributed by atoms with E-state index in [0.717, 1.165) is 19.5 Å². The van der Waals surface area contributed by atoms with Crippen LogP contribution in [0.3, 0.4) is 0 Å². The Balaban J connectivity index is 2.17. The number of hydrogen-bond donors (Lipinski definition) is 4. The lowest BCUT2D eigenvalue weighted by Gasteiger charge is -2.12. The van der Waals surface area contributed by atoms with Crippen molar-refractivity contribution >= 4 is 0 Å². The lowest BCUT2D eigenvalue weighted by atomic mass is 10.2. The van der Waals surface area contributed by atoms with Gasteiger partial charge in [-0.1, -0.05) is 0 Å². The summed E-state index contributed by atoms with van der Waals surface area (Å²) in [6, 6.07) is 0. The third-order valence-electron chi connectivity index (χ3n) is 1.64. The molecule has 0 unspecified atom stereocenters. The van der Waals surface area contributed by atoms with Crippen LogP contribution in [0.2, 0.25) is 0 Å². The second-order valence-corrected chi connectivity index (χ2v) is 2.26. The van der Waals surface area contributed by atoms with E-state index < -0.39 is 0 Å². The first-order valence-electron chi connectivity index (χ1n) is 3.16. The topological polar surface area (TPSA) is 48.1 Å². The molecule has 2 heterocycles. The van der Waals surface area contributed by atoms with Gasteiger partial charge >= 0.3 is 0 Å². The van der Waals surface area contributed by atoms with Crippen LogP contribution in [-0.4, -0.2) is 13.1 Å². The maximum absolute atomic E-state index is 3.26. The summed E-state index contributed by atoms with van der Waals surface area (Å²) in [6.45, 7) is 2.03. The zero-order valence-corrected chi connectivity index (χ0v) is 5.12. The van der Waals surface area contributed by atoms with Gasteiger partial charge in [0.1, 0.15) is 0 Å². The predicted octanol–water partition coefficient (Wildman–Crippen LogP) is -1.20. The summed E-state index contributed by atoms with van der Waals surface area (Å²) in [5.41, 5.74) is 11.5. The van der Waals surface area contributed by atoms with Crippen molar-refractivity contribution in [3.05, 3.63) is 11.4 Å². The third-order valence-corrected chi connectivity index (χ3v) is 1.64. The molecule has 9 heavy (non-hydrogen) atoms. The van der Waals surface area contributed by atoms with Crippen molar-refractivity contribution < 1.29 is 0 Å². The Kier molecular flexibility index (Phi) is 1.07. The Bertz CT molecular complexity index is 135. The van der Waals surface area contributed by atoms with Crippen molar-refractivity contribution in [2.24, 2.45) is 0 Å². The van der Waals surface area contributed by atoms with Gasteiger partial charge in [-0.3, -0.25) is 0 Å². The zero-order chi connectivity index (χ0) is 6.10. The molecule has 0 bridgehead atoms. The summed E-state index contributed by atoms with van der Waals surface area (Å²) in [4.78, 5) is 0. The van der Waals surface area contributed by atoms with E-state index in [1.165, 1.54) is 11.4 Å². The Morgan fingerprint density at radius 3 is 2.89 bits per heavy atom. The fourth-order valence-electron chi connectivity index (χ4n) is 1.12. The fourth-order valence-corrected chi connectivity index (χ4v) is 1.12. The molecule has 0 saturated carbocycles. The van der Waals surface area contributed by atoms with E-state index in [4.69, 9.17) is 0 Å². The first kappa shape index (κ1) is 5.08. The van der Waals surface area contributed by atoms with Crippen LogP contribution in [0, 0.1) is 0 Å². The summed E-state index contributed by atoms with van der Waals surface area (Å²) < 4.78 is 0. The molecule has 0 amide bonds. The molecule has 0 radical (unpaired) electrons. The highest BCUT2D eigenvalue weighted by Gasteiger charge is 2.15. The molecular weight excluding hydrogens is 116 g/mol. The molecule has 4 heteroatoms. The molecule has 2 aliphatic heterocycles. The number of rotatable bonds is 0. The van der Waals surface area contributed by atoms with Crippen LogP contribution in [0.4, 0.5) is 0 Å². The Morgan fingerprint density at radius 2 is 2.00 bits per heavy atom. The monoisotopic (exact) mass is 126 g/mol. The maximum atomic E-state index is 3.26. The highest BCUT2D eigenvalue weighted by Crippen LogP contribution is 2.07. The lowest BCUT2D eigenvalue weighted by molar-refractivity contribution is 0.586. The van der Waals surface area contributed by atoms with E-state index in [1.54, 1.807) is 0 Å². The van der Waals surface area contributed by atoms with Crippen LogP contribution in [0.25, 0.3) is 0 Å². The molecular formula is C5H10N4. The minimum absolute atomic E-state index is 0.954. The summed E-state index contributed by atoms with van der Waals surface area (Å²) >= 11 is 0. The van der Waals surface area contributed by atoms with E-state index in [-0.39, 0.29) is 0 Å².